The molecule has 0 saturated heterocycles. The Hall–Kier alpha value is -1.41. The van der Waals surface area contributed by atoms with Gasteiger partial charge >= 0.3 is 0 Å². The van der Waals surface area contributed by atoms with Gasteiger partial charge in [-0.25, -0.2) is 9.97 Å². The van der Waals surface area contributed by atoms with Crippen molar-refractivity contribution in [2.24, 2.45) is 0 Å². The number of aromatic nitrogens is 3. The first-order valence-electron chi connectivity index (χ1n) is 5.22. The molecule has 0 amide bonds. The minimum absolute atomic E-state index is 0. The van der Waals surface area contributed by atoms with Crippen molar-refractivity contribution in [3.8, 4) is 5.88 Å². The fraction of sp³-hybridized carbons (Fsp3) is 0.400. The smallest absolute Gasteiger partial charge is 0.239 e. The Balaban J connectivity index is 0.00000162. The van der Waals surface area contributed by atoms with Crippen LogP contribution in [0.15, 0.2) is 12.5 Å². The van der Waals surface area contributed by atoms with Crippen molar-refractivity contribution in [2.45, 2.75) is 12.6 Å². The van der Waals surface area contributed by atoms with Gasteiger partial charge in [-0.1, -0.05) is 0 Å². The number of aliphatic hydroxyl groups excluding tert-OH is 2. The van der Waals surface area contributed by atoms with Gasteiger partial charge in [0.25, 0.3) is 0 Å². The Labute approximate surface area is 109 Å². The standard InChI is InChI=1S/C10H14N4O3.ClH/c15-4-7(16)3-11-1-6-2-12-9-8(6)13-5-14-10(9)17;/h2,5,7,11-12,15-16H,1,3-4H2,(H,13,14,17);1H/t7-;/m0./s1. The molecule has 0 aliphatic carbocycles. The van der Waals surface area contributed by atoms with Gasteiger partial charge in [-0.3, -0.25) is 0 Å². The van der Waals surface area contributed by atoms with E-state index in [0.29, 0.717) is 24.1 Å². The second-order valence-electron chi connectivity index (χ2n) is 3.70. The fourth-order valence-corrected chi connectivity index (χ4v) is 1.55. The fourth-order valence-electron chi connectivity index (χ4n) is 1.55. The van der Waals surface area contributed by atoms with E-state index in [1.807, 2.05) is 0 Å². The molecule has 2 aromatic rings. The Morgan fingerprint density at radius 1 is 1.39 bits per heavy atom. The van der Waals surface area contributed by atoms with Gasteiger partial charge in [-0.05, 0) is 0 Å². The van der Waals surface area contributed by atoms with E-state index in [1.54, 1.807) is 6.20 Å². The third-order valence-corrected chi connectivity index (χ3v) is 2.43. The molecule has 0 fully saturated rings. The largest absolute Gasteiger partial charge is 0.492 e. The van der Waals surface area contributed by atoms with E-state index in [1.165, 1.54) is 6.33 Å². The Morgan fingerprint density at radius 2 is 2.17 bits per heavy atom. The zero-order valence-corrected chi connectivity index (χ0v) is 10.3. The maximum absolute atomic E-state index is 9.46. The number of halogens is 1. The van der Waals surface area contributed by atoms with Gasteiger partial charge in [0.05, 0.1) is 18.2 Å². The summed E-state index contributed by atoms with van der Waals surface area (Å²) in [5.74, 6) is -0.0864. The molecule has 0 radical (unpaired) electrons. The van der Waals surface area contributed by atoms with Crippen LogP contribution in [0.5, 0.6) is 5.88 Å². The maximum atomic E-state index is 9.46. The predicted molar refractivity (Wildman–Crippen MR) is 67.6 cm³/mol. The summed E-state index contributed by atoms with van der Waals surface area (Å²) in [6.45, 7) is 0.498. The van der Waals surface area contributed by atoms with Crippen LogP contribution in [0.1, 0.15) is 5.56 Å². The van der Waals surface area contributed by atoms with Crippen LogP contribution in [0.2, 0.25) is 0 Å². The molecular formula is C10H15ClN4O3. The molecule has 0 aliphatic heterocycles. The molecule has 0 unspecified atom stereocenters. The second kappa shape index (κ2) is 6.50. The first-order valence-corrected chi connectivity index (χ1v) is 5.22. The molecule has 2 rings (SSSR count). The molecule has 100 valence electrons. The normalized spacial score (nSPS) is 12.3. The number of H-pyrrole nitrogens is 1. The molecule has 18 heavy (non-hydrogen) atoms. The van der Waals surface area contributed by atoms with Gasteiger partial charge in [0, 0.05) is 24.8 Å². The van der Waals surface area contributed by atoms with Gasteiger partial charge in [0.2, 0.25) is 5.88 Å². The zero-order valence-electron chi connectivity index (χ0n) is 9.50. The monoisotopic (exact) mass is 274 g/mol. The van der Waals surface area contributed by atoms with Crippen LogP contribution in [0.3, 0.4) is 0 Å². The van der Waals surface area contributed by atoms with E-state index in [0.717, 1.165) is 5.56 Å². The third-order valence-electron chi connectivity index (χ3n) is 2.43. The van der Waals surface area contributed by atoms with Gasteiger partial charge in [0.1, 0.15) is 11.8 Å². The summed E-state index contributed by atoms with van der Waals surface area (Å²) in [6, 6.07) is 0. The number of nitrogens with one attached hydrogen (secondary N) is 2. The van der Waals surface area contributed by atoms with Crippen molar-refractivity contribution in [3.05, 3.63) is 18.1 Å². The van der Waals surface area contributed by atoms with Gasteiger partial charge in [-0.2, -0.15) is 0 Å². The van der Waals surface area contributed by atoms with E-state index in [2.05, 4.69) is 20.3 Å². The van der Waals surface area contributed by atoms with E-state index in [-0.39, 0.29) is 24.9 Å². The first kappa shape index (κ1) is 14.7. The molecule has 7 nitrogen and oxygen atoms in total. The van der Waals surface area contributed by atoms with Crippen molar-refractivity contribution in [2.75, 3.05) is 13.2 Å². The molecule has 8 heteroatoms. The summed E-state index contributed by atoms with van der Waals surface area (Å²) < 4.78 is 0. The van der Waals surface area contributed by atoms with Crippen LogP contribution in [0.4, 0.5) is 0 Å². The van der Waals surface area contributed by atoms with E-state index >= 15 is 0 Å². The number of fused-ring (bicyclic) bond motifs is 1. The van der Waals surface area contributed by atoms with Crippen molar-refractivity contribution in [1.29, 1.82) is 0 Å². The third kappa shape index (κ3) is 3.08. The number of aromatic hydroxyl groups is 1. The second-order valence-corrected chi connectivity index (χ2v) is 3.70. The molecular weight excluding hydrogens is 260 g/mol. The van der Waals surface area contributed by atoms with Crippen LogP contribution >= 0.6 is 12.4 Å². The van der Waals surface area contributed by atoms with Crippen LogP contribution in [0, 0.1) is 0 Å². The highest BCUT2D eigenvalue weighted by molar-refractivity contribution is 5.85. The van der Waals surface area contributed by atoms with Crippen molar-refractivity contribution in [3.63, 3.8) is 0 Å². The van der Waals surface area contributed by atoms with E-state index in [4.69, 9.17) is 10.2 Å². The molecule has 0 aromatic carbocycles. The van der Waals surface area contributed by atoms with Crippen LogP contribution in [-0.2, 0) is 6.54 Å². The lowest BCUT2D eigenvalue weighted by atomic mass is 10.2. The van der Waals surface area contributed by atoms with Crippen LogP contribution in [-0.4, -0.2) is 49.5 Å². The molecule has 1 atom stereocenters. The number of rotatable bonds is 5. The highest BCUT2D eigenvalue weighted by Crippen LogP contribution is 2.21. The molecule has 0 aliphatic rings. The number of aromatic amines is 1. The number of aliphatic hydroxyl groups is 2. The Kier molecular flexibility index (Phi) is 5.29. The predicted octanol–water partition coefficient (Wildman–Crippen LogP) is -0.472. The highest BCUT2D eigenvalue weighted by Gasteiger charge is 2.09. The molecule has 2 heterocycles. The Bertz CT molecular complexity index is 505. The molecule has 5 N–H and O–H groups in total. The maximum Gasteiger partial charge on any atom is 0.239 e. The average Bonchev–Trinajstić information content (AvgIpc) is 2.74. The zero-order chi connectivity index (χ0) is 12.3. The summed E-state index contributed by atoms with van der Waals surface area (Å²) in [5.41, 5.74) is 2.00. The molecule has 0 spiro atoms. The van der Waals surface area contributed by atoms with E-state index < -0.39 is 6.10 Å². The summed E-state index contributed by atoms with van der Waals surface area (Å²) in [7, 11) is 0. The van der Waals surface area contributed by atoms with Crippen molar-refractivity contribution < 1.29 is 15.3 Å². The van der Waals surface area contributed by atoms with E-state index in [9.17, 15) is 5.11 Å². The van der Waals surface area contributed by atoms with Crippen LogP contribution in [0.25, 0.3) is 11.0 Å². The lowest BCUT2D eigenvalue weighted by Gasteiger charge is -2.07. The summed E-state index contributed by atoms with van der Waals surface area (Å²) in [4.78, 5) is 10.6. The molecule has 0 saturated carbocycles. The molecule has 2 aromatic heterocycles. The quantitative estimate of drug-likeness (QED) is 0.504. The SMILES string of the molecule is Cl.OC[C@@H](O)CNCc1c[nH]c2c(O)ncnc12. The Morgan fingerprint density at radius 3 is 2.89 bits per heavy atom. The van der Waals surface area contributed by atoms with Gasteiger partial charge in [0.15, 0.2) is 0 Å². The highest BCUT2D eigenvalue weighted by atomic mass is 35.5. The summed E-state index contributed by atoms with van der Waals surface area (Å²) in [6.07, 6.45) is 2.23. The average molecular weight is 275 g/mol. The topological polar surface area (TPSA) is 114 Å². The van der Waals surface area contributed by atoms with Gasteiger partial charge < -0.3 is 25.6 Å². The minimum Gasteiger partial charge on any atom is -0.492 e. The minimum atomic E-state index is -0.775. The number of hydrogen-bond acceptors (Lipinski definition) is 6. The van der Waals surface area contributed by atoms with Crippen LogP contribution < -0.4 is 5.32 Å². The van der Waals surface area contributed by atoms with Crippen molar-refractivity contribution in [1.82, 2.24) is 20.3 Å². The summed E-state index contributed by atoms with van der Waals surface area (Å²) in [5, 5.41) is 30.2. The number of nitrogens with zero attached hydrogens (tertiary/aromatic N) is 2. The lowest BCUT2D eigenvalue weighted by Crippen LogP contribution is -2.28. The first-order chi connectivity index (χ1) is 8.22. The lowest BCUT2D eigenvalue weighted by molar-refractivity contribution is 0.0942. The summed E-state index contributed by atoms with van der Waals surface area (Å²) >= 11 is 0. The molecule has 0 bridgehead atoms. The van der Waals surface area contributed by atoms with Crippen molar-refractivity contribution >= 4 is 23.4 Å². The number of hydrogen-bond donors (Lipinski definition) is 5. The van der Waals surface area contributed by atoms with Gasteiger partial charge in [-0.15, -0.1) is 12.4 Å².